The molecule has 27 heavy (non-hydrogen) atoms. The van der Waals surface area contributed by atoms with Gasteiger partial charge in [0.15, 0.2) is 5.13 Å². The fourth-order valence-corrected chi connectivity index (χ4v) is 4.55. The molecule has 0 radical (unpaired) electrons. The summed E-state index contributed by atoms with van der Waals surface area (Å²) in [6, 6.07) is 18.4. The topological polar surface area (TPSA) is 46.4 Å². The van der Waals surface area contributed by atoms with Gasteiger partial charge in [0.2, 0.25) is 0 Å². The van der Waals surface area contributed by atoms with E-state index in [9.17, 15) is 4.79 Å². The maximum absolute atomic E-state index is 12.3. The number of hydrogen-bond donors (Lipinski definition) is 2. The van der Waals surface area contributed by atoms with E-state index < -0.39 is 0 Å². The fourth-order valence-electron chi connectivity index (χ4n) is 3.67. The van der Waals surface area contributed by atoms with E-state index in [0.717, 1.165) is 18.7 Å². The Labute approximate surface area is 163 Å². The maximum Gasteiger partial charge on any atom is 0.257 e. The number of carbonyl (C=O) groups excluding carboxylic acids is 1. The zero-order valence-electron chi connectivity index (χ0n) is 15.4. The highest BCUT2D eigenvalue weighted by molar-refractivity contribution is 7.15. The Morgan fingerprint density at radius 3 is 2.74 bits per heavy atom. The van der Waals surface area contributed by atoms with Crippen LogP contribution in [0.25, 0.3) is 0 Å². The monoisotopic (exact) mass is 378 g/mol. The number of anilines is 1. The van der Waals surface area contributed by atoms with Gasteiger partial charge in [0.25, 0.3) is 5.91 Å². The van der Waals surface area contributed by atoms with Crippen molar-refractivity contribution in [3.05, 3.63) is 82.4 Å². The summed E-state index contributed by atoms with van der Waals surface area (Å²) in [7, 11) is 0. The number of nitrogens with zero attached hydrogens (tertiary/aromatic N) is 1. The molecule has 0 aliphatic carbocycles. The van der Waals surface area contributed by atoms with E-state index >= 15 is 0 Å². The van der Waals surface area contributed by atoms with Crippen molar-refractivity contribution in [1.82, 2.24) is 4.98 Å². The molecule has 138 valence electrons. The van der Waals surface area contributed by atoms with Gasteiger partial charge in [0.1, 0.15) is 6.54 Å². The number of aryl methyl sites for hydroxylation is 1. The van der Waals surface area contributed by atoms with Crippen LogP contribution in [0.1, 0.15) is 38.7 Å². The van der Waals surface area contributed by atoms with Crippen molar-refractivity contribution in [3.63, 3.8) is 0 Å². The number of rotatable bonds is 5. The maximum atomic E-state index is 12.3. The number of quaternary nitrogens is 1. The van der Waals surface area contributed by atoms with Crippen LogP contribution in [0.2, 0.25) is 0 Å². The van der Waals surface area contributed by atoms with Crippen LogP contribution in [-0.2, 0) is 6.54 Å². The second-order valence-corrected chi connectivity index (χ2v) is 8.34. The number of benzene rings is 2. The average molecular weight is 379 g/mol. The Balaban J connectivity index is 1.33. The Bertz CT molecular complexity index is 905. The van der Waals surface area contributed by atoms with Gasteiger partial charge in [-0.1, -0.05) is 59.4 Å². The largest absolute Gasteiger partial charge is 0.330 e. The van der Waals surface area contributed by atoms with E-state index in [-0.39, 0.29) is 5.91 Å². The number of aromatic nitrogens is 1. The van der Waals surface area contributed by atoms with Crippen LogP contribution in [0, 0.1) is 6.92 Å². The van der Waals surface area contributed by atoms with Crippen molar-refractivity contribution < 1.29 is 9.69 Å². The van der Waals surface area contributed by atoms with Gasteiger partial charge >= 0.3 is 0 Å². The molecule has 1 saturated heterocycles. The molecule has 0 spiro atoms. The van der Waals surface area contributed by atoms with Crippen LogP contribution >= 0.6 is 11.3 Å². The molecule has 1 aliphatic rings. The summed E-state index contributed by atoms with van der Waals surface area (Å²) in [6.07, 6.45) is 3.13. The molecule has 5 heteroatoms. The summed E-state index contributed by atoms with van der Waals surface area (Å²) in [6.45, 7) is 5.33. The molecule has 2 atom stereocenters. The van der Waals surface area contributed by atoms with Crippen molar-refractivity contribution >= 4 is 22.4 Å². The van der Waals surface area contributed by atoms with E-state index in [2.05, 4.69) is 40.6 Å². The summed E-state index contributed by atoms with van der Waals surface area (Å²) in [5.74, 6) is 0.545. The minimum Gasteiger partial charge on any atom is -0.330 e. The molecule has 2 heterocycles. The zero-order valence-corrected chi connectivity index (χ0v) is 16.3. The lowest BCUT2D eigenvalue weighted by atomic mass is 9.99. The minimum atomic E-state index is -0.103. The smallest absolute Gasteiger partial charge is 0.257 e. The van der Waals surface area contributed by atoms with Crippen molar-refractivity contribution in [2.24, 2.45) is 0 Å². The van der Waals surface area contributed by atoms with Gasteiger partial charge in [-0.2, -0.15) is 0 Å². The number of hydrogen-bond acceptors (Lipinski definition) is 3. The predicted molar refractivity (Wildman–Crippen MR) is 109 cm³/mol. The van der Waals surface area contributed by atoms with Crippen molar-refractivity contribution in [2.45, 2.75) is 25.8 Å². The van der Waals surface area contributed by atoms with Crippen LogP contribution in [0.5, 0.6) is 0 Å². The van der Waals surface area contributed by atoms with Crippen LogP contribution < -0.4 is 10.2 Å². The highest BCUT2D eigenvalue weighted by atomic mass is 32.1. The molecule has 1 fully saturated rings. The lowest BCUT2D eigenvalue weighted by Crippen LogP contribution is -3.08. The molecule has 4 rings (SSSR count). The number of likely N-dealkylation sites (tertiary alicyclic amines) is 1. The molecule has 1 amide bonds. The molecule has 0 saturated carbocycles. The SMILES string of the molecule is Cc1ccc(C(=O)Nc2ncc(C[NH+]3CC[C@@H](c4ccccc4)C3)s2)cc1. The summed E-state index contributed by atoms with van der Waals surface area (Å²) in [5, 5.41) is 3.59. The Hall–Kier alpha value is -2.50. The summed E-state index contributed by atoms with van der Waals surface area (Å²) < 4.78 is 0. The number of nitrogens with one attached hydrogen (secondary N) is 2. The first-order chi connectivity index (χ1) is 13.2. The van der Waals surface area contributed by atoms with Gasteiger partial charge in [0, 0.05) is 24.1 Å². The van der Waals surface area contributed by atoms with E-state index in [1.807, 2.05) is 37.4 Å². The number of carbonyl (C=O) groups is 1. The van der Waals surface area contributed by atoms with Gasteiger partial charge in [0.05, 0.1) is 18.0 Å². The first-order valence-electron chi connectivity index (χ1n) is 9.38. The van der Waals surface area contributed by atoms with Crippen molar-refractivity contribution in [3.8, 4) is 0 Å². The van der Waals surface area contributed by atoms with E-state index in [0.29, 0.717) is 16.6 Å². The van der Waals surface area contributed by atoms with Crippen molar-refractivity contribution in [1.29, 1.82) is 0 Å². The van der Waals surface area contributed by atoms with Crippen LogP contribution in [-0.4, -0.2) is 24.0 Å². The second-order valence-electron chi connectivity index (χ2n) is 7.23. The highest BCUT2D eigenvalue weighted by Crippen LogP contribution is 2.22. The van der Waals surface area contributed by atoms with Gasteiger partial charge in [-0.15, -0.1) is 0 Å². The summed E-state index contributed by atoms with van der Waals surface area (Å²) in [4.78, 5) is 19.5. The third kappa shape index (κ3) is 4.43. The molecule has 1 unspecified atom stereocenters. The third-order valence-electron chi connectivity index (χ3n) is 5.16. The fraction of sp³-hybridized carbons (Fsp3) is 0.273. The molecular weight excluding hydrogens is 354 g/mol. The molecule has 1 aromatic heterocycles. The first-order valence-corrected chi connectivity index (χ1v) is 10.2. The molecule has 0 bridgehead atoms. The standard InChI is InChI=1S/C22H23N3OS/c1-16-7-9-18(10-8-16)21(26)24-22-23-13-20(27-22)15-25-12-11-19(14-25)17-5-3-2-4-6-17/h2-10,13,19H,11-12,14-15H2,1H3,(H,23,24,26)/p+1/t19-/m1/s1. The van der Waals surface area contributed by atoms with E-state index in [4.69, 9.17) is 0 Å². The molecule has 3 aromatic rings. The summed E-state index contributed by atoms with van der Waals surface area (Å²) in [5.41, 5.74) is 3.25. The highest BCUT2D eigenvalue weighted by Gasteiger charge is 2.27. The Morgan fingerprint density at radius 1 is 1.19 bits per heavy atom. The van der Waals surface area contributed by atoms with Gasteiger partial charge in [-0.25, -0.2) is 4.98 Å². The van der Waals surface area contributed by atoms with Crippen LogP contribution in [0.4, 0.5) is 5.13 Å². The Morgan fingerprint density at radius 2 is 1.96 bits per heavy atom. The van der Waals surface area contributed by atoms with E-state index in [1.165, 1.54) is 23.4 Å². The number of thiazole rings is 1. The lowest BCUT2D eigenvalue weighted by molar-refractivity contribution is -0.901. The minimum absolute atomic E-state index is 0.103. The van der Waals surface area contributed by atoms with Crippen LogP contribution in [0.15, 0.2) is 60.8 Å². The number of amides is 1. The Kier molecular flexibility index (Phi) is 5.32. The third-order valence-corrected chi connectivity index (χ3v) is 6.08. The quantitative estimate of drug-likeness (QED) is 0.716. The first kappa shape index (κ1) is 17.9. The normalized spacial score (nSPS) is 19.1. The molecule has 2 N–H and O–H groups in total. The molecule has 1 aliphatic heterocycles. The lowest BCUT2D eigenvalue weighted by Gasteiger charge is -2.12. The molecule has 4 nitrogen and oxygen atoms in total. The van der Waals surface area contributed by atoms with Crippen molar-refractivity contribution in [2.75, 3.05) is 18.4 Å². The van der Waals surface area contributed by atoms with E-state index in [1.54, 1.807) is 16.2 Å². The van der Waals surface area contributed by atoms with Crippen LogP contribution in [0.3, 0.4) is 0 Å². The van der Waals surface area contributed by atoms with Gasteiger partial charge < -0.3 is 4.90 Å². The zero-order chi connectivity index (χ0) is 18.6. The average Bonchev–Trinajstić information content (AvgIpc) is 3.33. The van der Waals surface area contributed by atoms with Gasteiger partial charge in [-0.3, -0.25) is 10.1 Å². The molecular formula is C22H24N3OS+. The molecule has 2 aromatic carbocycles. The predicted octanol–water partition coefficient (Wildman–Crippen LogP) is 3.28. The summed E-state index contributed by atoms with van der Waals surface area (Å²) >= 11 is 1.58. The second kappa shape index (κ2) is 8.03. The van der Waals surface area contributed by atoms with Gasteiger partial charge in [-0.05, 0) is 24.6 Å².